The van der Waals surface area contributed by atoms with Crippen molar-refractivity contribution in [3.05, 3.63) is 59.1 Å². The van der Waals surface area contributed by atoms with Gasteiger partial charge >= 0.3 is 0 Å². The fourth-order valence-corrected chi connectivity index (χ4v) is 4.22. The van der Waals surface area contributed by atoms with E-state index in [4.69, 9.17) is 11.6 Å². The van der Waals surface area contributed by atoms with Crippen LogP contribution in [0, 0.1) is 6.92 Å². The van der Waals surface area contributed by atoms with Crippen LogP contribution in [-0.2, 0) is 10.1 Å². The normalized spacial score (nSPS) is 16.5. The molecule has 1 fully saturated rings. The van der Waals surface area contributed by atoms with Crippen LogP contribution >= 0.6 is 11.6 Å². The Morgan fingerprint density at radius 2 is 1.55 bits per heavy atom. The number of hydrogen-bond acceptors (Lipinski definition) is 4. The van der Waals surface area contributed by atoms with Crippen molar-refractivity contribution in [1.29, 1.82) is 0 Å². The van der Waals surface area contributed by atoms with Gasteiger partial charge in [0.25, 0.3) is 0 Å². The second-order valence-corrected chi connectivity index (χ2v) is 9.32. The number of nitrogens with zero attached hydrogens (tertiary/aromatic N) is 2. The van der Waals surface area contributed by atoms with E-state index in [9.17, 15) is 13.0 Å². The van der Waals surface area contributed by atoms with Crippen LogP contribution in [0.2, 0.25) is 5.02 Å². The third-order valence-electron chi connectivity index (χ3n) is 5.75. The van der Waals surface area contributed by atoms with E-state index < -0.39 is 10.1 Å². The Labute approximate surface area is 180 Å². The van der Waals surface area contributed by atoms with Crippen LogP contribution in [0.25, 0.3) is 0 Å². The minimum Gasteiger partial charge on any atom is -0.744 e. The van der Waals surface area contributed by atoms with E-state index in [0.717, 1.165) is 17.1 Å². The van der Waals surface area contributed by atoms with Crippen molar-refractivity contribution >= 4 is 27.4 Å². The Kier molecular flexibility index (Phi) is 8.52. The maximum absolute atomic E-state index is 10.4. The molecule has 0 spiro atoms. The van der Waals surface area contributed by atoms with Gasteiger partial charge < -0.3 is 13.9 Å². The first-order valence-electron chi connectivity index (χ1n) is 10.1. The van der Waals surface area contributed by atoms with Crippen molar-refractivity contribution in [2.75, 3.05) is 44.2 Å². The molecule has 2 aromatic carbocycles. The second-order valence-electron chi connectivity index (χ2n) is 7.51. The van der Waals surface area contributed by atoms with Crippen LogP contribution in [-0.4, -0.2) is 56.7 Å². The highest BCUT2D eigenvalue weighted by Crippen LogP contribution is 2.21. The van der Waals surface area contributed by atoms with Crippen LogP contribution in [0.5, 0.6) is 0 Å². The predicted octanol–water partition coefficient (Wildman–Crippen LogP) is 4.31. The summed E-state index contributed by atoms with van der Waals surface area (Å²) in [4.78, 5) is 2.32. The molecule has 3 rings (SSSR count). The lowest BCUT2D eigenvalue weighted by Crippen LogP contribution is -2.50. The molecule has 0 unspecified atom stereocenters. The summed E-state index contributed by atoms with van der Waals surface area (Å²) < 4.78 is 32.4. The Hall–Kier alpha value is -1.60. The zero-order chi connectivity index (χ0) is 21.5. The lowest BCUT2D eigenvalue weighted by Gasteiger charge is -2.35. The fraction of sp³-hybridized carbons (Fsp3) is 0.455. The summed E-state index contributed by atoms with van der Waals surface area (Å²) in [5, 5.41) is 0.820. The molecule has 29 heavy (non-hydrogen) atoms. The second kappa shape index (κ2) is 10.4. The van der Waals surface area contributed by atoms with E-state index in [0.29, 0.717) is 0 Å². The summed E-state index contributed by atoms with van der Waals surface area (Å²) in [5.41, 5.74) is 2.24. The predicted molar refractivity (Wildman–Crippen MR) is 119 cm³/mol. The molecule has 7 heteroatoms. The Morgan fingerprint density at radius 1 is 0.966 bits per heavy atom. The number of likely N-dealkylation sites (N-methyl/N-ethyl adjacent to an activating group) is 1. The molecule has 1 aliphatic heterocycles. The number of quaternary nitrogens is 1. The molecule has 0 atom stereocenters. The van der Waals surface area contributed by atoms with Crippen molar-refractivity contribution in [1.82, 2.24) is 0 Å². The van der Waals surface area contributed by atoms with Gasteiger partial charge in [-0.15, -0.1) is 0 Å². The molecule has 0 aromatic heterocycles. The minimum absolute atomic E-state index is 0.178. The van der Waals surface area contributed by atoms with Gasteiger partial charge in [0.1, 0.15) is 10.1 Å². The zero-order valence-electron chi connectivity index (χ0n) is 17.5. The topological polar surface area (TPSA) is 60.4 Å². The van der Waals surface area contributed by atoms with Gasteiger partial charge in [-0.25, -0.2) is 8.42 Å². The molecular formula is C22H31ClN2O3S. The molecule has 2 aromatic rings. The Balaban J connectivity index is 0.000000234. The summed E-state index contributed by atoms with van der Waals surface area (Å²) in [5.74, 6) is 0. The maximum Gasteiger partial charge on any atom is 0.124 e. The number of halogens is 1. The largest absolute Gasteiger partial charge is 0.744 e. The minimum atomic E-state index is -4.27. The van der Waals surface area contributed by atoms with E-state index in [-0.39, 0.29) is 4.90 Å². The molecule has 1 aliphatic rings. The first-order chi connectivity index (χ1) is 13.7. The van der Waals surface area contributed by atoms with Gasteiger partial charge in [0, 0.05) is 23.7 Å². The number of aryl methyl sites for hydroxylation is 1. The average molecular weight is 439 g/mol. The van der Waals surface area contributed by atoms with Gasteiger partial charge in [0.2, 0.25) is 0 Å². The van der Waals surface area contributed by atoms with Gasteiger partial charge in [-0.2, -0.15) is 0 Å². The monoisotopic (exact) mass is 438 g/mol. The number of hydrogen-bond donors (Lipinski definition) is 0. The Morgan fingerprint density at radius 3 is 2.07 bits per heavy atom. The molecule has 5 nitrogen and oxygen atoms in total. The summed E-state index contributed by atoms with van der Waals surface area (Å²) in [6.45, 7) is 13.9. The summed E-state index contributed by atoms with van der Waals surface area (Å²) in [6, 6.07) is 14.0. The molecule has 0 amide bonds. The Bertz CT molecular complexity index is 864. The van der Waals surface area contributed by atoms with E-state index in [1.54, 1.807) is 12.1 Å². The van der Waals surface area contributed by atoms with Crippen LogP contribution in [0.15, 0.2) is 53.4 Å². The van der Waals surface area contributed by atoms with Gasteiger partial charge in [-0.3, -0.25) is 0 Å². The smallest absolute Gasteiger partial charge is 0.124 e. The van der Waals surface area contributed by atoms with Crippen molar-refractivity contribution in [2.24, 2.45) is 0 Å². The van der Waals surface area contributed by atoms with E-state index in [1.807, 2.05) is 19.1 Å². The highest BCUT2D eigenvalue weighted by atomic mass is 35.5. The van der Waals surface area contributed by atoms with Crippen molar-refractivity contribution in [2.45, 2.75) is 32.1 Å². The van der Waals surface area contributed by atoms with Crippen molar-refractivity contribution in [3.8, 4) is 0 Å². The van der Waals surface area contributed by atoms with E-state index >= 15 is 0 Å². The molecular weight excluding hydrogens is 408 g/mol. The summed E-state index contributed by atoms with van der Waals surface area (Å²) in [7, 11) is -4.27. The van der Waals surface area contributed by atoms with Crippen LogP contribution in [0.1, 0.15) is 25.8 Å². The third kappa shape index (κ3) is 7.00. The molecule has 1 heterocycles. The fourth-order valence-electron chi connectivity index (χ4n) is 3.62. The van der Waals surface area contributed by atoms with E-state index in [2.05, 4.69) is 30.9 Å². The van der Waals surface area contributed by atoms with Crippen molar-refractivity contribution in [3.63, 3.8) is 0 Å². The van der Waals surface area contributed by atoms with Crippen LogP contribution in [0.4, 0.5) is 5.69 Å². The highest BCUT2D eigenvalue weighted by molar-refractivity contribution is 7.85. The SMILES string of the molecule is CC[N+]1(CC)CCCN(c2ccc(Cl)cc2)CC1.Cc1ccc(S(=O)(=O)[O-])cc1. The quantitative estimate of drug-likeness (QED) is 0.527. The standard InChI is InChI=1S/C15H24ClN2.C7H8O3S/c1-3-18(4-2)12-5-10-17(11-13-18)15-8-6-14(16)7-9-15;1-6-2-4-7(5-3-6)11(8,9)10/h6-9H,3-5,10-13H2,1-2H3;2-5H,1H3,(H,8,9,10)/q+1;/p-1. The molecule has 0 radical (unpaired) electrons. The molecule has 1 saturated heterocycles. The lowest BCUT2D eigenvalue weighted by atomic mass is 10.2. The third-order valence-corrected chi connectivity index (χ3v) is 6.85. The first-order valence-corrected chi connectivity index (χ1v) is 11.9. The number of anilines is 1. The summed E-state index contributed by atoms with van der Waals surface area (Å²) >= 11 is 5.95. The molecule has 0 N–H and O–H groups in total. The van der Waals surface area contributed by atoms with Gasteiger partial charge in [0.05, 0.1) is 37.6 Å². The van der Waals surface area contributed by atoms with E-state index in [1.165, 1.54) is 61.4 Å². The summed E-state index contributed by atoms with van der Waals surface area (Å²) in [6.07, 6.45) is 1.28. The number of rotatable bonds is 4. The van der Waals surface area contributed by atoms with Crippen LogP contribution < -0.4 is 4.90 Å². The molecule has 0 aliphatic carbocycles. The molecule has 160 valence electrons. The van der Waals surface area contributed by atoms with Gasteiger partial charge in [0.15, 0.2) is 0 Å². The molecule has 0 bridgehead atoms. The molecule has 0 saturated carbocycles. The van der Waals surface area contributed by atoms with Crippen molar-refractivity contribution < 1.29 is 17.5 Å². The van der Waals surface area contributed by atoms with Gasteiger partial charge in [-0.1, -0.05) is 29.3 Å². The van der Waals surface area contributed by atoms with Crippen LogP contribution in [0.3, 0.4) is 0 Å². The van der Waals surface area contributed by atoms with Gasteiger partial charge in [-0.05, 0) is 57.2 Å². The first kappa shape index (κ1) is 23.7. The zero-order valence-corrected chi connectivity index (χ0v) is 19.0. The highest BCUT2D eigenvalue weighted by Gasteiger charge is 2.27. The maximum atomic E-state index is 10.4. The average Bonchev–Trinajstić information content (AvgIpc) is 2.92. The number of benzene rings is 2. The lowest BCUT2D eigenvalue weighted by molar-refractivity contribution is -0.922.